The van der Waals surface area contributed by atoms with Gasteiger partial charge in [-0.25, -0.2) is 4.79 Å². The summed E-state index contributed by atoms with van der Waals surface area (Å²) in [5, 5.41) is 16.3. The number of carbonyl (C=O) groups is 2. The fourth-order valence-corrected chi connectivity index (χ4v) is 5.24. The van der Waals surface area contributed by atoms with Crippen molar-refractivity contribution in [3.05, 3.63) is 113 Å². The molecule has 3 heterocycles. The minimum Gasteiger partial charge on any atom is -0.478 e. The topological polar surface area (TPSA) is 99.5 Å². The number of hydrogen-bond donors (Lipinski definition) is 3. The molecule has 39 heavy (non-hydrogen) atoms. The van der Waals surface area contributed by atoms with Crippen LogP contribution in [-0.2, 0) is 4.79 Å². The number of carboxylic acids is 1. The number of pyridine rings is 1. The average Bonchev–Trinajstić information content (AvgIpc) is 3.54. The van der Waals surface area contributed by atoms with Crippen molar-refractivity contribution in [1.82, 2.24) is 19.8 Å². The molecule has 0 radical (unpaired) electrons. The highest BCUT2D eigenvalue weighted by Gasteiger charge is 2.41. The number of aromatic carboxylic acids is 1. The number of anilines is 1. The molecule has 1 saturated heterocycles. The normalized spacial score (nSPS) is 16.7. The maximum atomic E-state index is 13.0. The highest BCUT2D eigenvalue weighted by molar-refractivity contribution is 7.80. The summed E-state index contributed by atoms with van der Waals surface area (Å²) < 4.78 is 2.02. The van der Waals surface area contributed by atoms with Gasteiger partial charge in [0.15, 0.2) is 5.11 Å². The van der Waals surface area contributed by atoms with Crippen LogP contribution in [0.5, 0.6) is 0 Å². The van der Waals surface area contributed by atoms with Crippen LogP contribution < -0.4 is 10.6 Å². The third-order valence-electron chi connectivity index (χ3n) is 6.92. The van der Waals surface area contributed by atoms with Gasteiger partial charge in [-0.05, 0) is 91.8 Å². The fraction of sp³-hybridized carbons (Fsp3) is 0.200. The maximum Gasteiger partial charge on any atom is 0.335 e. The van der Waals surface area contributed by atoms with Crippen molar-refractivity contribution < 1.29 is 14.7 Å². The molecule has 2 aromatic carbocycles. The summed E-state index contributed by atoms with van der Waals surface area (Å²) in [6.45, 7) is 4.37. The van der Waals surface area contributed by atoms with Crippen LogP contribution >= 0.6 is 12.2 Å². The van der Waals surface area contributed by atoms with Crippen LogP contribution in [0, 0.1) is 13.8 Å². The molecule has 1 fully saturated rings. The molecule has 9 heteroatoms. The molecule has 2 atom stereocenters. The highest BCUT2D eigenvalue weighted by Crippen LogP contribution is 2.39. The molecule has 1 amide bonds. The summed E-state index contributed by atoms with van der Waals surface area (Å²) >= 11 is 5.77. The average molecular weight is 540 g/mol. The first-order valence-electron chi connectivity index (χ1n) is 12.7. The van der Waals surface area contributed by atoms with E-state index in [4.69, 9.17) is 12.2 Å². The van der Waals surface area contributed by atoms with E-state index in [-0.39, 0.29) is 30.0 Å². The quantitative estimate of drug-likeness (QED) is 0.265. The molecule has 8 nitrogen and oxygen atoms in total. The number of aromatic nitrogens is 2. The lowest BCUT2D eigenvalue weighted by atomic mass is 10.0. The molecule has 1 aliphatic rings. The van der Waals surface area contributed by atoms with E-state index in [0.29, 0.717) is 11.7 Å². The van der Waals surface area contributed by atoms with Gasteiger partial charge in [-0.1, -0.05) is 18.2 Å². The van der Waals surface area contributed by atoms with Crippen LogP contribution in [-0.4, -0.2) is 43.1 Å². The zero-order valence-corrected chi connectivity index (χ0v) is 22.5. The molecular weight excluding hydrogens is 510 g/mol. The van der Waals surface area contributed by atoms with E-state index in [1.165, 1.54) is 0 Å². The van der Waals surface area contributed by atoms with Crippen molar-refractivity contribution in [2.45, 2.75) is 32.4 Å². The Morgan fingerprint density at radius 1 is 1.05 bits per heavy atom. The van der Waals surface area contributed by atoms with Gasteiger partial charge in [0.25, 0.3) is 0 Å². The van der Waals surface area contributed by atoms with Crippen molar-refractivity contribution in [3.63, 3.8) is 0 Å². The third kappa shape index (κ3) is 5.53. The summed E-state index contributed by atoms with van der Waals surface area (Å²) in [7, 11) is 0. The second-order valence-corrected chi connectivity index (χ2v) is 9.98. The van der Waals surface area contributed by atoms with Gasteiger partial charge in [-0.2, -0.15) is 0 Å². The number of thiocarbonyl (C=S) groups is 1. The van der Waals surface area contributed by atoms with Crippen LogP contribution in [0.15, 0.2) is 85.2 Å². The van der Waals surface area contributed by atoms with E-state index in [9.17, 15) is 14.7 Å². The highest BCUT2D eigenvalue weighted by atomic mass is 32.1. The number of nitrogens with zero attached hydrogens (tertiary/aromatic N) is 3. The van der Waals surface area contributed by atoms with Crippen molar-refractivity contribution in [2.75, 3.05) is 11.9 Å². The van der Waals surface area contributed by atoms with Gasteiger partial charge in [0.1, 0.15) is 0 Å². The summed E-state index contributed by atoms with van der Waals surface area (Å²) in [6.07, 6.45) is 3.93. The molecule has 198 valence electrons. The Hall–Kier alpha value is -4.50. The Balaban J connectivity index is 1.44. The number of hydrogen-bond acceptors (Lipinski definition) is 4. The van der Waals surface area contributed by atoms with Crippen LogP contribution in [0.3, 0.4) is 0 Å². The van der Waals surface area contributed by atoms with Gasteiger partial charge < -0.3 is 25.2 Å². The Morgan fingerprint density at radius 3 is 2.56 bits per heavy atom. The van der Waals surface area contributed by atoms with E-state index in [2.05, 4.69) is 15.6 Å². The Bertz CT molecular complexity index is 1520. The van der Waals surface area contributed by atoms with Gasteiger partial charge in [0.05, 0.1) is 23.3 Å². The zero-order valence-electron chi connectivity index (χ0n) is 21.7. The lowest BCUT2D eigenvalue weighted by Gasteiger charge is -2.29. The second kappa shape index (κ2) is 11.1. The number of rotatable bonds is 8. The van der Waals surface area contributed by atoms with Crippen LogP contribution in [0.25, 0.3) is 5.69 Å². The van der Waals surface area contributed by atoms with Gasteiger partial charge in [-0.15, -0.1) is 0 Å². The Kier molecular flexibility index (Phi) is 7.42. The lowest BCUT2D eigenvalue weighted by molar-refractivity contribution is -0.116. The monoisotopic (exact) mass is 539 g/mol. The summed E-state index contributed by atoms with van der Waals surface area (Å²) in [4.78, 5) is 31.0. The molecular formula is C30H29N5O3S. The van der Waals surface area contributed by atoms with Crippen molar-refractivity contribution in [1.29, 1.82) is 0 Å². The number of carbonyl (C=O) groups excluding carboxylic acids is 1. The van der Waals surface area contributed by atoms with Crippen LogP contribution in [0.4, 0.5) is 5.69 Å². The summed E-state index contributed by atoms with van der Waals surface area (Å²) in [6, 6.07) is 22.0. The molecule has 4 aromatic rings. The van der Waals surface area contributed by atoms with Crippen molar-refractivity contribution in [3.8, 4) is 5.69 Å². The van der Waals surface area contributed by atoms with E-state index in [0.717, 1.165) is 33.9 Å². The number of aryl methyl sites for hydroxylation is 2. The fourth-order valence-electron chi connectivity index (χ4n) is 4.91. The second-order valence-electron chi connectivity index (χ2n) is 9.59. The molecule has 0 saturated carbocycles. The summed E-state index contributed by atoms with van der Waals surface area (Å²) in [5.41, 5.74) is 5.72. The van der Waals surface area contributed by atoms with E-state index in [1.54, 1.807) is 30.5 Å². The number of benzene rings is 2. The minimum atomic E-state index is -0.972. The standard InChI is InChI=1S/C30H29N5O3S/c1-19-8-9-20(2)24(18-19)32-26(36)14-17-35-28(27(33-30(35)39)23-6-3-4-15-31-23)25-7-5-16-34(25)22-12-10-21(11-13-22)29(37)38/h3-13,15-16,18,27-28H,14,17H2,1-2H3,(H,32,36)(H,33,39)(H,37,38)/t27-,28+/m0/s1. The van der Waals surface area contributed by atoms with E-state index < -0.39 is 5.97 Å². The number of amides is 1. The van der Waals surface area contributed by atoms with Crippen molar-refractivity contribution in [2.24, 2.45) is 0 Å². The number of carboxylic acid groups (broad SMARTS) is 1. The maximum absolute atomic E-state index is 13.0. The predicted molar refractivity (Wildman–Crippen MR) is 154 cm³/mol. The molecule has 0 unspecified atom stereocenters. The van der Waals surface area contributed by atoms with E-state index in [1.807, 2.05) is 78.0 Å². The predicted octanol–water partition coefficient (Wildman–Crippen LogP) is 5.19. The molecule has 2 aromatic heterocycles. The summed E-state index contributed by atoms with van der Waals surface area (Å²) in [5.74, 6) is -1.06. The van der Waals surface area contributed by atoms with Gasteiger partial charge >= 0.3 is 5.97 Å². The number of nitrogens with one attached hydrogen (secondary N) is 2. The first kappa shape index (κ1) is 26.1. The molecule has 3 N–H and O–H groups in total. The smallest absolute Gasteiger partial charge is 0.335 e. The van der Waals surface area contributed by atoms with Crippen molar-refractivity contribution >= 4 is 34.9 Å². The first-order chi connectivity index (χ1) is 18.8. The Morgan fingerprint density at radius 2 is 1.85 bits per heavy atom. The SMILES string of the molecule is Cc1ccc(C)c(NC(=O)CCN2C(=S)N[C@@H](c3ccccn3)[C@H]2c2cccn2-c2ccc(C(=O)O)cc2)c1. The van der Waals surface area contributed by atoms with Crippen LogP contribution in [0.1, 0.15) is 51.4 Å². The lowest BCUT2D eigenvalue weighted by Crippen LogP contribution is -2.33. The largest absolute Gasteiger partial charge is 0.478 e. The molecule has 0 spiro atoms. The minimum absolute atomic E-state index is 0.0915. The van der Waals surface area contributed by atoms with Crippen LogP contribution in [0.2, 0.25) is 0 Å². The van der Waals surface area contributed by atoms with Gasteiger partial charge in [-0.3, -0.25) is 9.78 Å². The van der Waals surface area contributed by atoms with Gasteiger partial charge in [0, 0.05) is 42.4 Å². The van der Waals surface area contributed by atoms with Gasteiger partial charge in [0.2, 0.25) is 5.91 Å². The Labute approximate surface area is 232 Å². The molecule has 1 aliphatic heterocycles. The molecule has 0 aliphatic carbocycles. The van der Waals surface area contributed by atoms with E-state index >= 15 is 0 Å². The molecule has 5 rings (SSSR count). The molecule has 0 bridgehead atoms. The third-order valence-corrected chi connectivity index (χ3v) is 7.27. The first-order valence-corrected chi connectivity index (χ1v) is 13.1. The zero-order chi connectivity index (χ0) is 27.5.